The monoisotopic (exact) mass is 441 g/mol. The molecule has 2 aromatic heterocycles. The van der Waals surface area contributed by atoms with Gasteiger partial charge in [0.1, 0.15) is 11.6 Å². The molecule has 1 saturated heterocycles. The molecule has 0 bridgehead atoms. The average molecular weight is 442 g/mol. The molecule has 4 aromatic rings. The molecule has 0 saturated carbocycles. The zero-order chi connectivity index (χ0) is 22.6. The first-order chi connectivity index (χ1) is 16.2. The van der Waals surface area contributed by atoms with Gasteiger partial charge in [0, 0.05) is 43.2 Å². The minimum atomic E-state index is -0.304. The second-order valence-electron chi connectivity index (χ2n) is 8.04. The number of rotatable bonds is 6. The number of carbonyl (C=O) groups excluding carboxylic acids is 1. The molecular weight excluding hydrogens is 417 g/mol. The van der Waals surface area contributed by atoms with Gasteiger partial charge in [0.2, 0.25) is 0 Å². The minimum absolute atomic E-state index is 0.178. The molecule has 0 unspecified atom stereocenters. The first-order valence-corrected chi connectivity index (χ1v) is 11.1. The van der Waals surface area contributed by atoms with Crippen molar-refractivity contribution in [1.29, 1.82) is 0 Å². The van der Waals surface area contributed by atoms with E-state index in [1.165, 1.54) is 12.1 Å². The molecule has 6 nitrogen and oxygen atoms in total. The van der Waals surface area contributed by atoms with E-state index in [4.69, 9.17) is 5.10 Å². The Morgan fingerprint density at radius 2 is 1.73 bits per heavy atom. The summed E-state index contributed by atoms with van der Waals surface area (Å²) in [6, 6.07) is 19.6. The van der Waals surface area contributed by atoms with E-state index in [9.17, 15) is 9.18 Å². The number of anilines is 1. The van der Waals surface area contributed by atoms with Gasteiger partial charge in [0.05, 0.1) is 16.9 Å². The van der Waals surface area contributed by atoms with Crippen LogP contribution < -0.4 is 10.2 Å². The standard InChI is InChI=1S/C26H24FN5O/c27-21-12-10-19(11-13-21)24-20(18-32(30-24)22-7-2-1-3-8-22)17-29-26(33)23-9-6-14-28-25(23)31-15-4-5-16-31/h1-3,6-14,18H,4-5,15-17H2,(H,29,33). The number of para-hydroxylation sites is 1. The van der Waals surface area contributed by atoms with Crippen molar-refractivity contribution in [3.63, 3.8) is 0 Å². The van der Waals surface area contributed by atoms with E-state index in [-0.39, 0.29) is 18.3 Å². The number of carbonyl (C=O) groups is 1. The number of amides is 1. The molecular formula is C26H24FN5O. The third-order valence-corrected chi connectivity index (χ3v) is 5.80. The van der Waals surface area contributed by atoms with Gasteiger partial charge >= 0.3 is 0 Å². The van der Waals surface area contributed by atoms with Crippen LogP contribution in [0.2, 0.25) is 0 Å². The molecule has 1 fully saturated rings. The van der Waals surface area contributed by atoms with E-state index in [0.717, 1.165) is 48.6 Å². The molecule has 0 aliphatic carbocycles. The molecule has 0 atom stereocenters. The summed E-state index contributed by atoms with van der Waals surface area (Å²) >= 11 is 0. The molecule has 33 heavy (non-hydrogen) atoms. The molecule has 0 radical (unpaired) electrons. The van der Waals surface area contributed by atoms with Crippen molar-refractivity contribution in [2.75, 3.05) is 18.0 Å². The third kappa shape index (κ3) is 4.48. The highest BCUT2D eigenvalue weighted by Gasteiger charge is 2.21. The van der Waals surface area contributed by atoms with Crippen LogP contribution in [0.4, 0.5) is 10.2 Å². The number of benzene rings is 2. The Hall–Kier alpha value is -4.00. The molecule has 166 valence electrons. The van der Waals surface area contributed by atoms with Crippen LogP contribution in [-0.2, 0) is 6.54 Å². The summed E-state index contributed by atoms with van der Waals surface area (Å²) in [6.45, 7) is 2.11. The Kier molecular flexibility index (Phi) is 5.85. The van der Waals surface area contributed by atoms with Gasteiger partial charge in [-0.2, -0.15) is 5.10 Å². The lowest BCUT2D eigenvalue weighted by atomic mass is 10.1. The fourth-order valence-corrected chi connectivity index (χ4v) is 4.13. The van der Waals surface area contributed by atoms with Crippen LogP contribution in [0, 0.1) is 5.82 Å². The number of hydrogen-bond acceptors (Lipinski definition) is 4. The summed E-state index contributed by atoms with van der Waals surface area (Å²) in [5, 5.41) is 7.77. The zero-order valence-electron chi connectivity index (χ0n) is 18.1. The summed E-state index contributed by atoms with van der Waals surface area (Å²) in [6.07, 6.45) is 5.84. The van der Waals surface area contributed by atoms with Gasteiger partial charge in [-0.05, 0) is 61.4 Å². The molecule has 5 rings (SSSR count). The first-order valence-electron chi connectivity index (χ1n) is 11.1. The van der Waals surface area contributed by atoms with Crippen molar-refractivity contribution in [3.8, 4) is 16.9 Å². The van der Waals surface area contributed by atoms with Crippen LogP contribution in [0.5, 0.6) is 0 Å². The van der Waals surface area contributed by atoms with Crippen molar-refractivity contribution in [3.05, 3.63) is 96.1 Å². The Morgan fingerprint density at radius 1 is 0.970 bits per heavy atom. The molecule has 0 spiro atoms. The molecule has 7 heteroatoms. The van der Waals surface area contributed by atoms with Gasteiger partial charge in [-0.25, -0.2) is 14.1 Å². The fourth-order valence-electron chi connectivity index (χ4n) is 4.13. The zero-order valence-corrected chi connectivity index (χ0v) is 18.1. The normalized spacial score (nSPS) is 13.3. The van der Waals surface area contributed by atoms with Crippen LogP contribution in [0.15, 0.2) is 79.1 Å². The van der Waals surface area contributed by atoms with Crippen molar-refractivity contribution in [2.24, 2.45) is 0 Å². The van der Waals surface area contributed by atoms with E-state index in [1.54, 1.807) is 29.1 Å². The SMILES string of the molecule is O=C(NCc1cn(-c2ccccc2)nc1-c1ccc(F)cc1)c1cccnc1N1CCCC1. The average Bonchev–Trinajstić information content (AvgIpc) is 3.54. The minimum Gasteiger partial charge on any atom is -0.356 e. The number of halogens is 1. The second-order valence-corrected chi connectivity index (χ2v) is 8.04. The molecule has 1 amide bonds. The highest BCUT2D eigenvalue weighted by atomic mass is 19.1. The highest BCUT2D eigenvalue weighted by molar-refractivity contribution is 5.99. The maximum absolute atomic E-state index is 13.5. The van der Waals surface area contributed by atoms with Crippen molar-refractivity contribution in [1.82, 2.24) is 20.1 Å². The fraction of sp³-hybridized carbons (Fsp3) is 0.192. The topological polar surface area (TPSA) is 63.1 Å². The Balaban J connectivity index is 1.43. The van der Waals surface area contributed by atoms with Gasteiger partial charge in [0.15, 0.2) is 0 Å². The highest BCUT2D eigenvalue weighted by Crippen LogP contribution is 2.25. The van der Waals surface area contributed by atoms with Crippen LogP contribution in [0.25, 0.3) is 16.9 Å². The van der Waals surface area contributed by atoms with Crippen LogP contribution in [0.3, 0.4) is 0 Å². The van der Waals surface area contributed by atoms with Gasteiger partial charge in [-0.3, -0.25) is 4.79 Å². The molecule has 1 N–H and O–H groups in total. The largest absolute Gasteiger partial charge is 0.356 e. The summed E-state index contributed by atoms with van der Waals surface area (Å²) in [5.74, 6) is 0.246. The number of nitrogens with zero attached hydrogens (tertiary/aromatic N) is 4. The third-order valence-electron chi connectivity index (χ3n) is 5.80. The quantitative estimate of drug-likeness (QED) is 0.475. The molecule has 2 aromatic carbocycles. The van der Waals surface area contributed by atoms with Crippen molar-refractivity contribution < 1.29 is 9.18 Å². The van der Waals surface area contributed by atoms with E-state index >= 15 is 0 Å². The molecule has 1 aliphatic rings. The molecule has 3 heterocycles. The summed E-state index contributed by atoms with van der Waals surface area (Å²) in [5.41, 5.74) is 3.80. The maximum Gasteiger partial charge on any atom is 0.255 e. The van der Waals surface area contributed by atoms with E-state index in [0.29, 0.717) is 11.3 Å². The van der Waals surface area contributed by atoms with Gasteiger partial charge in [-0.15, -0.1) is 0 Å². The van der Waals surface area contributed by atoms with Gasteiger partial charge < -0.3 is 10.2 Å². The smallest absolute Gasteiger partial charge is 0.255 e. The summed E-state index contributed by atoms with van der Waals surface area (Å²) in [4.78, 5) is 19.7. The number of aromatic nitrogens is 3. The second kappa shape index (κ2) is 9.24. The van der Waals surface area contributed by atoms with Crippen molar-refractivity contribution in [2.45, 2.75) is 19.4 Å². The van der Waals surface area contributed by atoms with Gasteiger partial charge in [0.25, 0.3) is 5.91 Å². The van der Waals surface area contributed by atoms with Crippen LogP contribution in [0.1, 0.15) is 28.8 Å². The number of pyridine rings is 1. The Labute approximate surface area is 191 Å². The Bertz CT molecular complexity index is 1250. The lowest BCUT2D eigenvalue weighted by Crippen LogP contribution is -2.28. The number of hydrogen-bond donors (Lipinski definition) is 1. The number of nitrogens with one attached hydrogen (secondary N) is 1. The van der Waals surface area contributed by atoms with E-state index in [2.05, 4.69) is 15.2 Å². The predicted octanol–water partition coefficient (Wildman–Crippen LogP) is 4.60. The lowest BCUT2D eigenvalue weighted by Gasteiger charge is -2.19. The Morgan fingerprint density at radius 3 is 2.48 bits per heavy atom. The maximum atomic E-state index is 13.5. The van der Waals surface area contributed by atoms with Gasteiger partial charge in [-0.1, -0.05) is 18.2 Å². The van der Waals surface area contributed by atoms with Crippen LogP contribution in [-0.4, -0.2) is 33.8 Å². The van der Waals surface area contributed by atoms with Crippen LogP contribution >= 0.6 is 0 Å². The first kappa shape index (κ1) is 20.9. The predicted molar refractivity (Wildman–Crippen MR) is 126 cm³/mol. The van der Waals surface area contributed by atoms with Crippen molar-refractivity contribution >= 4 is 11.7 Å². The van der Waals surface area contributed by atoms with E-state index in [1.807, 2.05) is 42.6 Å². The summed E-state index contributed by atoms with van der Waals surface area (Å²) in [7, 11) is 0. The van der Waals surface area contributed by atoms with E-state index < -0.39 is 0 Å². The molecule has 1 aliphatic heterocycles. The summed E-state index contributed by atoms with van der Waals surface area (Å²) < 4.78 is 15.3. The lowest BCUT2D eigenvalue weighted by molar-refractivity contribution is 0.0951.